The molecule has 1 fully saturated rings. The zero-order chi connectivity index (χ0) is 13.9. The van der Waals surface area contributed by atoms with E-state index in [0.29, 0.717) is 5.92 Å². The number of rotatable bonds is 6. The minimum absolute atomic E-state index is 0.670. The lowest BCUT2D eigenvalue weighted by atomic mass is 10.2. The lowest BCUT2D eigenvalue weighted by Crippen LogP contribution is -2.13. The first kappa shape index (κ1) is 13.6. The molecular weight excluding hydrogens is 268 g/mol. The largest absolute Gasteiger partial charge is 0.312 e. The Morgan fingerprint density at radius 1 is 1.30 bits per heavy atom. The number of aromatic nitrogens is 3. The molecule has 2 aromatic heterocycles. The van der Waals surface area contributed by atoms with E-state index in [4.69, 9.17) is 4.98 Å². The maximum absolute atomic E-state index is 4.80. The van der Waals surface area contributed by atoms with E-state index in [-0.39, 0.29) is 0 Å². The molecule has 0 aromatic carbocycles. The van der Waals surface area contributed by atoms with E-state index in [1.165, 1.54) is 23.4 Å². The molecule has 1 N–H and O–H groups in total. The van der Waals surface area contributed by atoms with E-state index < -0.39 is 0 Å². The highest BCUT2D eigenvalue weighted by Crippen LogP contribution is 2.43. The average molecular weight is 288 g/mol. The predicted molar refractivity (Wildman–Crippen MR) is 81.8 cm³/mol. The van der Waals surface area contributed by atoms with Gasteiger partial charge in [-0.15, -0.1) is 11.3 Å². The van der Waals surface area contributed by atoms with Crippen molar-refractivity contribution in [3.05, 3.63) is 28.5 Å². The maximum Gasteiger partial charge on any atom is 0.188 e. The Labute approximate surface area is 123 Å². The monoisotopic (exact) mass is 288 g/mol. The lowest BCUT2D eigenvalue weighted by molar-refractivity contribution is 0.676. The van der Waals surface area contributed by atoms with Crippen molar-refractivity contribution < 1.29 is 0 Å². The van der Waals surface area contributed by atoms with E-state index in [0.717, 1.165) is 35.9 Å². The molecule has 20 heavy (non-hydrogen) atoms. The predicted octanol–water partition coefficient (Wildman–Crippen LogP) is 3.29. The Morgan fingerprint density at radius 3 is 2.70 bits per heavy atom. The number of thiazole rings is 1. The Kier molecular flexibility index (Phi) is 4.08. The highest BCUT2D eigenvalue weighted by atomic mass is 32.1. The number of nitrogens with one attached hydrogen (secondary N) is 1. The quantitative estimate of drug-likeness (QED) is 0.829. The zero-order valence-corrected chi connectivity index (χ0v) is 12.8. The Hall–Kier alpha value is -1.33. The summed E-state index contributed by atoms with van der Waals surface area (Å²) in [4.78, 5) is 15.0. The van der Waals surface area contributed by atoms with Gasteiger partial charge in [-0.25, -0.2) is 15.0 Å². The molecule has 2 aromatic rings. The molecule has 0 saturated heterocycles. The van der Waals surface area contributed by atoms with E-state index in [1.54, 1.807) is 11.3 Å². The van der Waals surface area contributed by atoms with Crippen LogP contribution in [0.3, 0.4) is 0 Å². The van der Waals surface area contributed by atoms with Crippen molar-refractivity contribution in [3.8, 4) is 10.8 Å². The summed E-state index contributed by atoms with van der Waals surface area (Å²) in [6.45, 7) is 6.16. The van der Waals surface area contributed by atoms with Gasteiger partial charge in [0.15, 0.2) is 10.8 Å². The summed E-state index contributed by atoms with van der Waals surface area (Å²) >= 11 is 1.74. The second-order valence-electron chi connectivity index (χ2n) is 5.36. The molecule has 0 atom stereocenters. The fourth-order valence-corrected chi connectivity index (χ4v) is 3.21. The van der Waals surface area contributed by atoms with E-state index in [2.05, 4.69) is 22.2 Å². The summed E-state index contributed by atoms with van der Waals surface area (Å²) in [6, 6.07) is 0. The number of hydrogen-bond acceptors (Lipinski definition) is 5. The van der Waals surface area contributed by atoms with Gasteiger partial charge in [0.1, 0.15) is 0 Å². The first-order chi connectivity index (χ1) is 9.78. The third-order valence-corrected chi connectivity index (χ3v) is 4.44. The molecular formula is C15H20N4S. The van der Waals surface area contributed by atoms with Gasteiger partial charge in [-0.3, -0.25) is 0 Å². The van der Waals surface area contributed by atoms with Crippen LogP contribution in [0.4, 0.5) is 0 Å². The Bertz CT molecular complexity index is 572. The molecule has 1 saturated carbocycles. The van der Waals surface area contributed by atoms with Crippen molar-refractivity contribution in [2.45, 2.75) is 45.6 Å². The molecule has 0 aliphatic heterocycles. The number of hydrogen-bond donors (Lipinski definition) is 1. The van der Waals surface area contributed by atoms with E-state index in [1.807, 2.05) is 19.3 Å². The van der Waals surface area contributed by atoms with Gasteiger partial charge in [0, 0.05) is 29.7 Å². The van der Waals surface area contributed by atoms with Crippen LogP contribution in [-0.4, -0.2) is 21.5 Å². The normalized spacial score (nSPS) is 14.7. The van der Waals surface area contributed by atoms with Gasteiger partial charge in [-0.2, -0.15) is 0 Å². The van der Waals surface area contributed by atoms with Crippen molar-refractivity contribution in [3.63, 3.8) is 0 Å². The SMILES string of the molecule is CCCNCc1sc(-c2ncc(C)cn2)nc1C1CC1. The van der Waals surface area contributed by atoms with Crippen LogP contribution in [0, 0.1) is 6.92 Å². The van der Waals surface area contributed by atoms with Crippen LogP contribution in [0.1, 0.15) is 48.2 Å². The van der Waals surface area contributed by atoms with Crippen LogP contribution in [0.5, 0.6) is 0 Å². The average Bonchev–Trinajstić information content (AvgIpc) is 3.21. The first-order valence-electron chi connectivity index (χ1n) is 7.27. The topological polar surface area (TPSA) is 50.7 Å². The third-order valence-electron chi connectivity index (χ3n) is 3.38. The molecule has 2 heterocycles. The molecule has 106 valence electrons. The standard InChI is InChI=1S/C15H20N4S/c1-3-6-16-9-12-13(11-4-5-11)19-15(20-12)14-17-7-10(2)8-18-14/h7-8,11,16H,3-6,9H2,1-2H3. The van der Waals surface area contributed by atoms with Gasteiger partial charge in [0.25, 0.3) is 0 Å². The molecule has 1 aliphatic rings. The fraction of sp³-hybridized carbons (Fsp3) is 0.533. The van der Waals surface area contributed by atoms with Crippen LogP contribution >= 0.6 is 11.3 Å². The third kappa shape index (κ3) is 3.04. The van der Waals surface area contributed by atoms with Crippen LogP contribution < -0.4 is 5.32 Å². The second kappa shape index (κ2) is 5.97. The highest BCUT2D eigenvalue weighted by molar-refractivity contribution is 7.15. The van der Waals surface area contributed by atoms with Gasteiger partial charge < -0.3 is 5.32 Å². The molecule has 0 amide bonds. The number of nitrogens with zero attached hydrogens (tertiary/aromatic N) is 3. The summed E-state index contributed by atoms with van der Waals surface area (Å²) in [5.41, 5.74) is 2.36. The fourth-order valence-electron chi connectivity index (χ4n) is 2.14. The molecule has 0 radical (unpaired) electrons. The summed E-state index contributed by atoms with van der Waals surface area (Å²) in [6.07, 6.45) is 7.42. The summed E-state index contributed by atoms with van der Waals surface area (Å²) in [7, 11) is 0. The van der Waals surface area contributed by atoms with Gasteiger partial charge in [0.05, 0.1) is 5.69 Å². The van der Waals surface area contributed by atoms with Gasteiger partial charge >= 0.3 is 0 Å². The minimum Gasteiger partial charge on any atom is -0.312 e. The molecule has 4 nitrogen and oxygen atoms in total. The van der Waals surface area contributed by atoms with Crippen LogP contribution in [0.25, 0.3) is 10.8 Å². The molecule has 0 unspecified atom stereocenters. The van der Waals surface area contributed by atoms with Gasteiger partial charge in [0.2, 0.25) is 0 Å². The molecule has 1 aliphatic carbocycles. The van der Waals surface area contributed by atoms with Crippen molar-refractivity contribution in [1.29, 1.82) is 0 Å². The molecule has 0 bridgehead atoms. The van der Waals surface area contributed by atoms with Crippen LogP contribution in [-0.2, 0) is 6.54 Å². The van der Waals surface area contributed by atoms with Gasteiger partial charge in [-0.1, -0.05) is 6.92 Å². The number of aryl methyl sites for hydroxylation is 1. The molecule has 5 heteroatoms. The smallest absolute Gasteiger partial charge is 0.188 e. The summed E-state index contributed by atoms with van der Waals surface area (Å²) in [5.74, 6) is 1.42. The van der Waals surface area contributed by atoms with Gasteiger partial charge in [-0.05, 0) is 38.3 Å². The highest BCUT2D eigenvalue weighted by Gasteiger charge is 2.30. The van der Waals surface area contributed by atoms with E-state index >= 15 is 0 Å². The maximum atomic E-state index is 4.80. The Morgan fingerprint density at radius 2 is 2.05 bits per heavy atom. The second-order valence-corrected chi connectivity index (χ2v) is 6.45. The zero-order valence-electron chi connectivity index (χ0n) is 12.0. The van der Waals surface area contributed by atoms with Crippen LogP contribution in [0.15, 0.2) is 12.4 Å². The minimum atomic E-state index is 0.670. The lowest BCUT2D eigenvalue weighted by Gasteiger charge is -2.01. The molecule has 0 spiro atoms. The van der Waals surface area contributed by atoms with Crippen molar-refractivity contribution >= 4 is 11.3 Å². The summed E-state index contributed by atoms with van der Waals surface area (Å²) < 4.78 is 0. The van der Waals surface area contributed by atoms with Crippen molar-refractivity contribution in [1.82, 2.24) is 20.3 Å². The first-order valence-corrected chi connectivity index (χ1v) is 8.09. The van der Waals surface area contributed by atoms with Crippen molar-refractivity contribution in [2.24, 2.45) is 0 Å². The Balaban J connectivity index is 1.84. The summed E-state index contributed by atoms with van der Waals surface area (Å²) in [5, 5.41) is 4.44. The van der Waals surface area contributed by atoms with Crippen LogP contribution in [0.2, 0.25) is 0 Å². The molecule has 3 rings (SSSR count). The van der Waals surface area contributed by atoms with E-state index in [9.17, 15) is 0 Å². The van der Waals surface area contributed by atoms with Crippen molar-refractivity contribution in [2.75, 3.05) is 6.54 Å².